The van der Waals surface area contributed by atoms with Crippen LogP contribution >= 0.6 is 0 Å². The number of rotatable bonds is 15. The van der Waals surface area contributed by atoms with Gasteiger partial charge in [0.1, 0.15) is 11.6 Å². The van der Waals surface area contributed by atoms with E-state index < -0.39 is 0 Å². The highest BCUT2D eigenvalue weighted by molar-refractivity contribution is 5.76. The Kier molecular flexibility index (Phi) is 23.8. The van der Waals surface area contributed by atoms with Crippen molar-refractivity contribution in [2.24, 2.45) is 0 Å². The van der Waals surface area contributed by atoms with Crippen LogP contribution in [0.5, 0.6) is 17.6 Å². The molecule has 5 aromatic carbocycles. The molecule has 0 spiro atoms. The fourth-order valence-corrected chi connectivity index (χ4v) is 13.6. The average Bonchev–Trinajstić information content (AvgIpc) is 0.893. The number of anilines is 16. The Balaban J connectivity index is 0.000000130. The van der Waals surface area contributed by atoms with Crippen LogP contribution in [0.25, 0.3) is 44.5 Å². The second-order valence-corrected chi connectivity index (χ2v) is 26.4. The highest BCUT2D eigenvalue weighted by Gasteiger charge is 2.26. The highest BCUT2D eigenvalue weighted by Crippen LogP contribution is 2.35. The van der Waals surface area contributed by atoms with Gasteiger partial charge in [0.2, 0.25) is 29.7 Å². The van der Waals surface area contributed by atoms with Crippen molar-refractivity contribution in [3.8, 4) is 62.1 Å². The maximum Gasteiger partial charge on any atom is 0.316 e. The summed E-state index contributed by atoms with van der Waals surface area (Å²) in [6.45, 7) is 15.6. The lowest BCUT2D eigenvalue weighted by Crippen LogP contribution is -2.46. The summed E-state index contributed by atoms with van der Waals surface area (Å²) in [5, 5.41) is 0. The number of pyridine rings is 1. The molecule has 11 heterocycles. The van der Waals surface area contributed by atoms with E-state index in [1.165, 1.54) is 22.6 Å². The van der Waals surface area contributed by atoms with Crippen LogP contribution in [0.2, 0.25) is 0 Å². The quantitative estimate of drug-likeness (QED) is 0.0484. The number of nitrogens with two attached hydrogens (primary N) is 8. The van der Waals surface area contributed by atoms with E-state index in [-0.39, 0.29) is 23.8 Å². The summed E-state index contributed by atoms with van der Waals surface area (Å²) < 4.78 is 15.8. The molecular weight excluding hydrogens is 1400 g/mol. The number of aryl methyl sites for hydroxylation is 1. The minimum Gasteiger partial charge on any atom is -0.497 e. The lowest BCUT2D eigenvalue weighted by atomic mass is 10.0. The third-order valence-electron chi connectivity index (χ3n) is 19.5. The largest absolute Gasteiger partial charge is 0.497 e. The second-order valence-electron chi connectivity index (χ2n) is 26.4. The van der Waals surface area contributed by atoms with Crippen LogP contribution in [0, 0.1) is 6.92 Å². The van der Waals surface area contributed by atoms with Crippen LogP contribution in [0.1, 0.15) is 5.82 Å². The second kappa shape index (κ2) is 35.1. The van der Waals surface area contributed by atoms with Crippen LogP contribution in [0.4, 0.5) is 92.6 Å². The first kappa shape index (κ1) is 75.2. The molecular formula is C79H91N29O3. The molecule has 16 rings (SSSR count). The predicted octanol–water partition coefficient (Wildman–Crippen LogP) is 7.85. The molecule has 4 aliphatic heterocycles. The number of nitrogens with zero attached hydrogens (tertiary/aromatic N) is 21. The monoisotopic (exact) mass is 1490 g/mol. The summed E-state index contributed by atoms with van der Waals surface area (Å²) in [7, 11) is 4.88. The molecule has 4 aliphatic rings. The molecule has 570 valence electrons. The van der Waals surface area contributed by atoms with Crippen molar-refractivity contribution >= 4 is 92.6 Å². The number of hydrogen-bond donors (Lipinski definition) is 8. The summed E-state index contributed by atoms with van der Waals surface area (Å²) in [6.07, 6.45) is 15.8. The Labute approximate surface area is 643 Å². The highest BCUT2D eigenvalue weighted by atomic mass is 16.5. The molecule has 32 heteroatoms. The van der Waals surface area contributed by atoms with Crippen molar-refractivity contribution in [1.82, 2.24) is 64.8 Å². The van der Waals surface area contributed by atoms with Crippen molar-refractivity contribution in [1.29, 1.82) is 0 Å². The number of benzene rings is 5. The molecule has 12 aromatic rings. The summed E-state index contributed by atoms with van der Waals surface area (Å²) in [4.78, 5) is 72.0. The lowest BCUT2D eigenvalue weighted by Gasteiger charge is -2.37. The van der Waals surface area contributed by atoms with Gasteiger partial charge in [0.15, 0.2) is 23.3 Å². The summed E-state index contributed by atoms with van der Waals surface area (Å²) in [5.74, 6) is 4.76. The SMILES string of the molecule is COc1cccc(-c2cccc(N3CCN(c4cnc(N)nc4N)CC3)c2)c1.COc1ncc(-c2cccc(N3CCN(c4cnc(N)nc4N)CC3)c2)cn1.COc1ncccc1-c1cccc(N2CCN(c3cnc(N)nc3N)CC2)c1.Cc1ncc(-c2cccc(N3CCN(c4cnc(N)nc4N)CC3)c2)cn1. The van der Waals surface area contributed by atoms with E-state index >= 15 is 0 Å². The van der Waals surface area contributed by atoms with Gasteiger partial charge < -0.3 is 99.3 Å². The Morgan fingerprint density at radius 3 is 0.919 bits per heavy atom. The van der Waals surface area contributed by atoms with E-state index in [0.29, 0.717) is 35.2 Å². The number of hydrogen-bond acceptors (Lipinski definition) is 32. The topological polar surface area (TPSA) is 429 Å². The number of ether oxygens (including phenoxy) is 3. The molecule has 111 heavy (non-hydrogen) atoms. The number of piperazine rings is 4. The summed E-state index contributed by atoms with van der Waals surface area (Å²) >= 11 is 0. The summed E-state index contributed by atoms with van der Waals surface area (Å²) in [5.41, 5.74) is 63.0. The van der Waals surface area contributed by atoms with E-state index in [1.807, 2.05) is 49.6 Å². The van der Waals surface area contributed by atoms with Crippen molar-refractivity contribution in [2.45, 2.75) is 6.92 Å². The molecule has 0 saturated carbocycles. The smallest absolute Gasteiger partial charge is 0.316 e. The molecule has 4 saturated heterocycles. The van der Waals surface area contributed by atoms with E-state index in [1.54, 1.807) is 64.7 Å². The molecule has 7 aromatic heterocycles. The number of nitrogen functional groups attached to an aromatic ring is 8. The molecule has 0 atom stereocenters. The van der Waals surface area contributed by atoms with Gasteiger partial charge >= 0.3 is 6.01 Å². The van der Waals surface area contributed by atoms with Gasteiger partial charge in [0.25, 0.3) is 0 Å². The van der Waals surface area contributed by atoms with Gasteiger partial charge in [-0.05, 0) is 108 Å². The van der Waals surface area contributed by atoms with Crippen molar-refractivity contribution in [3.63, 3.8) is 0 Å². The van der Waals surface area contributed by atoms with Gasteiger partial charge in [0.05, 0.1) is 68.9 Å². The molecule has 32 nitrogen and oxygen atoms in total. The Morgan fingerprint density at radius 1 is 0.279 bits per heavy atom. The predicted molar refractivity (Wildman–Crippen MR) is 442 cm³/mol. The minimum atomic E-state index is 0.194. The van der Waals surface area contributed by atoms with E-state index in [9.17, 15) is 0 Å². The van der Waals surface area contributed by atoms with Gasteiger partial charge in [-0.3, -0.25) is 0 Å². The first-order valence-corrected chi connectivity index (χ1v) is 36.2. The number of aromatic nitrogens is 13. The Hall–Kier alpha value is -14.1. The van der Waals surface area contributed by atoms with Gasteiger partial charge in [0, 0.05) is 175 Å². The molecule has 0 radical (unpaired) electrons. The van der Waals surface area contributed by atoms with Crippen molar-refractivity contribution in [2.75, 3.05) is 211 Å². The van der Waals surface area contributed by atoms with Gasteiger partial charge in [-0.15, -0.1) is 0 Å². The van der Waals surface area contributed by atoms with E-state index in [2.05, 4.69) is 207 Å². The van der Waals surface area contributed by atoms with Crippen LogP contribution in [0.15, 0.2) is 189 Å². The molecule has 0 unspecified atom stereocenters. The van der Waals surface area contributed by atoms with Crippen LogP contribution < -0.4 is 99.3 Å². The fraction of sp³-hybridized carbons (Fsp3) is 0.253. The van der Waals surface area contributed by atoms with Crippen molar-refractivity contribution in [3.05, 3.63) is 195 Å². The zero-order chi connectivity index (χ0) is 77.3. The van der Waals surface area contributed by atoms with Crippen LogP contribution in [0.3, 0.4) is 0 Å². The summed E-state index contributed by atoms with van der Waals surface area (Å²) in [6, 6.07) is 46.3. The first-order chi connectivity index (χ1) is 54.0. The van der Waals surface area contributed by atoms with Crippen LogP contribution in [-0.4, -0.2) is 191 Å². The van der Waals surface area contributed by atoms with Crippen LogP contribution in [-0.2, 0) is 0 Å². The maximum absolute atomic E-state index is 6.01. The Bertz CT molecular complexity index is 5090. The van der Waals surface area contributed by atoms with E-state index in [4.69, 9.17) is 60.1 Å². The molecule has 0 bridgehead atoms. The zero-order valence-electron chi connectivity index (χ0n) is 62.4. The van der Waals surface area contributed by atoms with Gasteiger partial charge in [-0.2, -0.15) is 19.9 Å². The zero-order valence-corrected chi connectivity index (χ0v) is 62.4. The normalized spacial score (nSPS) is 14.2. The minimum absolute atomic E-state index is 0.194. The standard InChI is InChI=1S/C21H24N6O.C20H23N7O.C19H22N8O.C19H22N8/c1-28-18-7-3-5-16(13-18)15-4-2-6-17(12-15)26-8-10-27(11-9-26)19-14-24-21(23)25-20(19)22;1-28-19-16(6-3-7-23-19)14-4-2-5-15(12-14)26-8-10-27(11-9-26)17-13-24-20(22)25-18(17)21;1-28-19-23-10-14(11-24-19)13-3-2-4-15(9-13)26-5-7-27(8-6-26)16-12-22-18(21)25-17(16)20;1-13-22-10-15(11-23-13)14-3-2-4-16(9-14)26-5-7-27(8-6-26)17-12-24-19(21)25-18(17)20/h2-7,12-14H,8-11H2,1H3,(H4,22,23,24,25);2-7,12-13H,8-11H2,1H3,(H4,21,22,24,25);2-4,9-12H,5-8H2,1H3,(H4,20,21,22,25);2-4,9-12H,5-8H2,1H3,(H4,20,21,24,25). The molecule has 16 N–H and O–H groups in total. The van der Waals surface area contributed by atoms with Gasteiger partial charge in [-0.1, -0.05) is 60.7 Å². The van der Waals surface area contributed by atoms with E-state index in [0.717, 1.165) is 184 Å². The van der Waals surface area contributed by atoms with Gasteiger partial charge in [-0.25, -0.2) is 44.9 Å². The fourth-order valence-electron chi connectivity index (χ4n) is 13.6. The molecule has 4 fully saturated rings. The Morgan fingerprint density at radius 2 is 0.586 bits per heavy atom. The van der Waals surface area contributed by atoms with Crippen molar-refractivity contribution < 1.29 is 14.2 Å². The third kappa shape index (κ3) is 18.7. The lowest BCUT2D eigenvalue weighted by molar-refractivity contribution is 0.380. The molecule has 0 amide bonds. The average molecular weight is 1490 g/mol. The third-order valence-corrected chi connectivity index (χ3v) is 19.5. The molecule has 0 aliphatic carbocycles. The first-order valence-electron chi connectivity index (χ1n) is 36.2. The number of methoxy groups -OCH3 is 3. The maximum atomic E-state index is 6.01.